The zero-order valence-corrected chi connectivity index (χ0v) is 9.21. The van der Waals surface area contributed by atoms with Crippen molar-refractivity contribution in [1.82, 2.24) is 0 Å². The van der Waals surface area contributed by atoms with Gasteiger partial charge in [0, 0.05) is 0 Å². The van der Waals surface area contributed by atoms with Gasteiger partial charge in [0.2, 0.25) is 0 Å². The lowest BCUT2D eigenvalue weighted by Gasteiger charge is -2.13. The third kappa shape index (κ3) is 2.55. The average molecular weight is 210 g/mol. The molecule has 0 saturated heterocycles. The molecule has 1 aromatic carbocycles. The Bertz CT molecular complexity index is 361. The summed E-state index contributed by atoms with van der Waals surface area (Å²) in [6, 6.07) is 4.71. The molecule has 0 heterocycles. The first-order chi connectivity index (χ1) is 7.10. The van der Waals surface area contributed by atoms with E-state index in [1.54, 1.807) is 19.1 Å². The zero-order valence-electron chi connectivity index (χ0n) is 9.21. The van der Waals surface area contributed by atoms with E-state index < -0.39 is 0 Å². The molecule has 0 radical (unpaired) electrons. The van der Waals surface area contributed by atoms with Crippen molar-refractivity contribution in [1.29, 1.82) is 0 Å². The normalized spacial score (nSPS) is 12.3. The van der Waals surface area contributed by atoms with Crippen molar-refractivity contribution in [2.75, 3.05) is 7.11 Å². The molecule has 0 fully saturated rings. The Kier molecular flexibility index (Phi) is 3.83. The average Bonchev–Trinajstić information content (AvgIpc) is 2.24. The second-order valence-corrected chi connectivity index (χ2v) is 3.49. The Labute approximate surface area is 89.1 Å². The second kappa shape index (κ2) is 4.91. The predicted molar refractivity (Wildman–Crippen MR) is 56.2 cm³/mol. The first kappa shape index (κ1) is 11.7. The summed E-state index contributed by atoms with van der Waals surface area (Å²) in [5, 5.41) is 0. The third-order valence-electron chi connectivity index (χ3n) is 2.48. The van der Waals surface area contributed by atoms with E-state index in [4.69, 9.17) is 4.74 Å². The summed E-state index contributed by atoms with van der Waals surface area (Å²) in [7, 11) is 1.36. The van der Waals surface area contributed by atoms with Crippen molar-refractivity contribution in [2.45, 2.75) is 26.2 Å². The highest BCUT2D eigenvalue weighted by Gasteiger charge is 2.19. The van der Waals surface area contributed by atoms with E-state index in [1.807, 2.05) is 6.92 Å². The van der Waals surface area contributed by atoms with Crippen LogP contribution in [0.15, 0.2) is 18.2 Å². The molecule has 0 N–H and O–H groups in total. The molecule has 1 aromatic rings. The number of esters is 1. The van der Waals surface area contributed by atoms with E-state index in [9.17, 15) is 9.18 Å². The van der Waals surface area contributed by atoms with Crippen molar-refractivity contribution < 1.29 is 13.9 Å². The third-order valence-corrected chi connectivity index (χ3v) is 2.48. The van der Waals surface area contributed by atoms with Crippen molar-refractivity contribution in [2.24, 2.45) is 0 Å². The number of hydrogen-bond acceptors (Lipinski definition) is 2. The van der Waals surface area contributed by atoms with Crippen molar-refractivity contribution in [3.8, 4) is 0 Å². The maximum Gasteiger partial charge on any atom is 0.313 e. The van der Waals surface area contributed by atoms with Gasteiger partial charge in [0.25, 0.3) is 0 Å². The van der Waals surface area contributed by atoms with Gasteiger partial charge in [0.15, 0.2) is 0 Å². The number of methoxy groups -OCH3 is 1. The highest BCUT2D eigenvalue weighted by molar-refractivity contribution is 5.78. The molecular weight excluding hydrogens is 195 g/mol. The molecule has 0 aliphatic rings. The molecule has 0 aliphatic heterocycles. The van der Waals surface area contributed by atoms with Crippen LogP contribution in [0.25, 0.3) is 0 Å². The molecule has 0 aromatic heterocycles. The standard InChI is InChI=1S/C12H15FO2/c1-4-10(12(14)15-3)9-5-6-11(13)8(2)7-9/h5-7,10H,4H2,1-3H3. The van der Waals surface area contributed by atoms with Gasteiger partial charge in [-0.2, -0.15) is 0 Å². The van der Waals surface area contributed by atoms with Crippen LogP contribution in [-0.2, 0) is 9.53 Å². The Morgan fingerprint density at radius 2 is 2.20 bits per heavy atom. The lowest BCUT2D eigenvalue weighted by molar-refractivity contribution is -0.142. The lowest BCUT2D eigenvalue weighted by Crippen LogP contribution is -2.13. The van der Waals surface area contributed by atoms with Gasteiger partial charge in [-0.3, -0.25) is 4.79 Å². The number of hydrogen-bond donors (Lipinski definition) is 0. The van der Waals surface area contributed by atoms with Crippen molar-refractivity contribution in [3.63, 3.8) is 0 Å². The highest BCUT2D eigenvalue weighted by Crippen LogP contribution is 2.22. The second-order valence-electron chi connectivity index (χ2n) is 3.49. The first-order valence-corrected chi connectivity index (χ1v) is 4.94. The lowest BCUT2D eigenvalue weighted by atomic mass is 9.95. The molecule has 82 valence electrons. The van der Waals surface area contributed by atoms with E-state index in [0.29, 0.717) is 12.0 Å². The van der Waals surface area contributed by atoms with Crippen LogP contribution in [0.5, 0.6) is 0 Å². The largest absolute Gasteiger partial charge is 0.469 e. The van der Waals surface area contributed by atoms with E-state index in [1.165, 1.54) is 13.2 Å². The summed E-state index contributed by atoms with van der Waals surface area (Å²) >= 11 is 0. The number of carbonyl (C=O) groups excluding carboxylic acids is 1. The minimum atomic E-state index is -0.297. The molecule has 0 amide bonds. The summed E-state index contributed by atoms with van der Waals surface area (Å²) in [4.78, 5) is 11.4. The Morgan fingerprint density at radius 3 is 2.67 bits per heavy atom. The molecule has 1 rings (SSSR count). The molecule has 3 heteroatoms. The van der Waals surface area contributed by atoms with Gasteiger partial charge in [0.1, 0.15) is 5.82 Å². The summed E-state index contributed by atoms with van der Waals surface area (Å²) in [5.41, 5.74) is 1.36. The van der Waals surface area contributed by atoms with Crippen LogP contribution in [0.4, 0.5) is 4.39 Å². The summed E-state index contributed by atoms with van der Waals surface area (Å²) in [6.07, 6.45) is 0.651. The van der Waals surface area contributed by atoms with Gasteiger partial charge in [-0.05, 0) is 30.5 Å². The van der Waals surface area contributed by atoms with Crippen LogP contribution in [-0.4, -0.2) is 13.1 Å². The van der Waals surface area contributed by atoms with Gasteiger partial charge < -0.3 is 4.74 Å². The fraction of sp³-hybridized carbons (Fsp3) is 0.417. The minimum absolute atomic E-state index is 0.251. The summed E-state index contributed by atoms with van der Waals surface area (Å²) < 4.78 is 17.7. The maximum atomic E-state index is 13.0. The van der Waals surface area contributed by atoms with Crippen LogP contribution >= 0.6 is 0 Å². The molecule has 15 heavy (non-hydrogen) atoms. The number of ether oxygens (including phenoxy) is 1. The fourth-order valence-electron chi connectivity index (χ4n) is 1.57. The van der Waals surface area contributed by atoms with Crippen LogP contribution < -0.4 is 0 Å². The van der Waals surface area contributed by atoms with Crippen molar-refractivity contribution in [3.05, 3.63) is 35.1 Å². The first-order valence-electron chi connectivity index (χ1n) is 4.94. The van der Waals surface area contributed by atoms with Gasteiger partial charge in [-0.15, -0.1) is 0 Å². The Hall–Kier alpha value is -1.38. The highest BCUT2D eigenvalue weighted by atomic mass is 19.1. The SMILES string of the molecule is CCC(C(=O)OC)c1ccc(F)c(C)c1. The molecular formula is C12H15FO2. The van der Waals surface area contributed by atoms with E-state index in [2.05, 4.69) is 0 Å². The van der Waals surface area contributed by atoms with Crippen LogP contribution in [0, 0.1) is 12.7 Å². The predicted octanol–water partition coefficient (Wildman–Crippen LogP) is 2.80. The number of halogens is 1. The molecule has 0 aliphatic carbocycles. The summed E-state index contributed by atoms with van der Waals surface area (Å²) in [5.74, 6) is -0.823. The maximum absolute atomic E-state index is 13.0. The van der Waals surface area contributed by atoms with Crippen LogP contribution in [0.2, 0.25) is 0 Å². The molecule has 1 unspecified atom stereocenters. The van der Waals surface area contributed by atoms with E-state index >= 15 is 0 Å². The molecule has 0 spiro atoms. The van der Waals surface area contributed by atoms with Gasteiger partial charge in [-0.1, -0.05) is 19.1 Å². The van der Waals surface area contributed by atoms with E-state index in [0.717, 1.165) is 5.56 Å². The van der Waals surface area contributed by atoms with Gasteiger partial charge >= 0.3 is 5.97 Å². The summed E-state index contributed by atoms with van der Waals surface area (Å²) in [6.45, 7) is 3.59. The quantitative estimate of drug-likeness (QED) is 0.717. The molecule has 1 atom stereocenters. The number of carbonyl (C=O) groups is 1. The van der Waals surface area contributed by atoms with Crippen LogP contribution in [0.3, 0.4) is 0 Å². The number of benzene rings is 1. The number of aryl methyl sites for hydroxylation is 1. The molecule has 0 saturated carbocycles. The fourth-order valence-corrected chi connectivity index (χ4v) is 1.57. The van der Waals surface area contributed by atoms with Gasteiger partial charge in [0.05, 0.1) is 13.0 Å². The number of rotatable bonds is 3. The topological polar surface area (TPSA) is 26.3 Å². The molecule has 2 nitrogen and oxygen atoms in total. The Morgan fingerprint density at radius 1 is 1.53 bits per heavy atom. The van der Waals surface area contributed by atoms with E-state index in [-0.39, 0.29) is 17.7 Å². The van der Waals surface area contributed by atoms with Crippen LogP contribution in [0.1, 0.15) is 30.4 Å². The minimum Gasteiger partial charge on any atom is -0.469 e. The zero-order chi connectivity index (χ0) is 11.4. The van der Waals surface area contributed by atoms with Crippen molar-refractivity contribution >= 4 is 5.97 Å². The molecule has 0 bridgehead atoms. The van der Waals surface area contributed by atoms with Gasteiger partial charge in [-0.25, -0.2) is 4.39 Å². The Balaban J connectivity index is 3.02. The smallest absolute Gasteiger partial charge is 0.313 e. The monoisotopic (exact) mass is 210 g/mol.